The lowest BCUT2D eigenvalue weighted by molar-refractivity contribution is -0.126. The molecule has 2 rings (SSSR count). The summed E-state index contributed by atoms with van der Waals surface area (Å²) in [7, 11) is 2.10. The first-order chi connectivity index (χ1) is 23.8. The first kappa shape index (κ1) is 45.4. The Kier molecular flexibility index (Phi) is 18.4. The monoisotopic (exact) mass is 739 g/mol. The summed E-state index contributed by atoms with van der Waals surface area (Å²) < 4.78 is 23.6. The Morgan fingerprint density at radius 2 is 1.55 bits per heavy atom. The average molecular weight is 739 g/mol. The summed E-state index contributed by atoms with van der Waals surface area (Å²) in [6.45, 7) is 28.6. The molecule has 51 heavy (non-hydrogen) atoms. The highest BCUT2D eigenvalue weighted by Crippen LogP contribution is 2.52. The molecule has 1 saturated heterocycles. The first-order valence-corrected chi connectivity index (χ1v) is 20.8. The maximum absolute atomic E-state index is 13.1. The molecule has 1 aromatic heterocycles. The first-order valence-electron chi connectivity index (χ1n) is 19.2. The molecule has 2 heterocycles. The van der Waals surface area contributed by atoms with Crippen LogP contribution in [-0.2, 0) is 18.5 Å². The topological polar surface area (TPSA) is 159 Å². The van der Waals surface area contributed by atoms with Crippen molar-refractivity contribution in [2.75, 3.05) is 32.0 Å². The van der Waals surface area contributed by atoms with Gasteiger partial charge in [0.25, 0.3) is 0 Å². The molecule has 5 N–H and O–H groups in total. The van der Waals surface area contributed by atoms with Crippen molar-refractivity contribution in [2.24, 2.45) is 47.3 Å². The molecule has 14 heteroatoms. The van der Waals surface area contributed by atoms with E-state index in [0.29, 0.717) is 53.9 Å². The molecular weight excluding hydrogens is 668 g/mol. The molecule has 0 aliphatic carbocycles. The molecule has 1 aliphatic rings. The highest BCUT2D eigenvalue weighted by atomic mass is 31.2. The van der Waals surface area contributed by atoms with Gasteiger partial charge >= 0.3 is 27.2 Å². The molecule has 0 aromatic carbocycles. The van der Waals surface area contributed by atoms with Gasteiger partial charge in [-0.3, -0.25) is 4.57 Å². The third kappa shape index (κ3) is 13.0. The number of anilines is 1. The fraction of sp³-hybridized carbons (Fsp3) is 0.865. The summed E-state index contributed by atoms with van der Waals surface area (Å²) in [5.41, 5.74) is 4.91. The second-order valence-corrected chi connectivity index (χ2v) is 17.3. The molecule has 9 unspecified atom stereocenters. The smallest absolute Gasteiger partial charge is 0.439 e. The molecule has 0 bridgehead atoms. The van der Waals surface area contributed by atoms with Crippen LogP contribution in [0.4, 0.5) is 10.6 Å². The number of nitrogens with zero attached hydrogens (tertiary/aromatic N) is 2. The van der Waals surface area contributed by atoms with Crippen molar-refractivity contribution in [1.82, 2.24) is 20.2 Å². The van der Waals surface area contributed by atoms with Crippen LogP contribution in [0.2, 0.25) is 0 Å². The van der Waals surface area contributed by atoms with Gasteiger partial charge in [0.1, 0.15) is 19.0 Å². The summed E-state index contributed by atoms with van der Waals surface area (Å²) in [5.74, 6) is 4.57. The third-order valence-corrected chi connectivity index (χ3v) is 13.6. The number of hydrogen-bond donors (Lipinski definition) is 4. The second-order valence-electron chi connectivity index (χ2n) is 15.6. The lowest BCUT2D eigenvalue weighted by atomic mass is 9.61. The molecule has 292 valence electrons. The lowest BCUT2D eigenvalue weighted by Crippen LogP contribution is -2.58. The number of unbranched alkanes of at least 4 members (excludes halogenated alkanes) is 1. The van der Waals surface area contributed by atoms with Crippen LogP contribution in [0.25, 0.3) is 0 Å². The Morgan fingerprint density at radius 1 is 1.02 bits per heavy atom. The van der Waals surface area contributed by atoms with Crippen molar-refractivity contribution in [3.05, 3.63) is 22.7 Å². The minimum absolute atomic E-state index is 0.0356. The van der Waals surface area contributed by atoms with E-state index >= 15 is 0 Å². The van der Waals surface area contributed by atoms with Gasteiger partial charge in [0.2, 0.25) is 0 Å². The molecule has 0 saturated carbocycles. The van der Waals surface area contributed by atoms with Gasteiger partial charge in [-0.15, -0.1) is 0 Å². The van der Waals surface area contributed by atoms with Crippen molar-refractivity contribution in [3.8, 4) is 0 Å². The lowest BCUT2D eigenvalue weighted by Gasteiger charge is -2.50. The number of nitrogen functional groups attached to an aromatic ring is 1. The molecular formula is C37H70BN5O7P+. The van der Waals surface area contributed by atoms with Crippen LogP contribution in [0.15, 0.2) is 17.1 Å². The maximum atomic E-state index is 13.1. The Balaban J connectivity index is 2.11. The van der Waals surface area contributed by atoms with Crippen molar-refractivity contribution in [2.45, 2.75) is 133 Å². The van der Waals surface area contributed by atoms with Crippen LogP contribution in [0.3, 0.4) is 0 Å². The van der Waals surface area contributed by atoms with Crippen molar-refractivity contribution in [1.29, 1.82) is 0 Å². The molecule has 1 aliphatic heterocycles. The van der Waals surface area contributed by atoms with E-state index in [1.807, 2.05) is 0 Å². The highest BCUT2D eigenvalue weighted by molar-refractivity contribution is 7.85. The normalized spacial score (nSPS) is 27.6. The number of hydrogen-bond acceptors (Lipinski definition) is 10. The van der Waals surface area contributed by atoms with E-state index in [-0.39, 0.29) is 24.6 Å². The quantitative estimate of drug-likeness (QED) is 0.0722. The van der Waals surface area contributed by atoms with E-state index in [0.717, 1.165) is 24.0 Å². The highest BCUT2D eigenvalue weighted by Gasteiger charge is 2.44. The molecule has 2 radical (unpaired) electrons. The van der Waals surface area contributed by atoms with Gasteiger partial charge in [-0.05, 0) is 86.6 Å². The van der Waals surface area contributed by atoms with E-state index in [9.17, 15) is 14.5 Å². The van der Waals surface area contributed by atoms with Crippen LogP contribution in [0.1, 0.15) is 115 Å². The molecule has 12 nitrogen and oxygen atoms in total. The third-order valence-electron chi connectivity index (χ3n) is 12.6. The van der Waals surface area contributed by atoms with E-state index in [2.05, 4.69) is 91.8 Å². The Morgan fingerprint density at radius 3 is 2.08 bits per heavy atom. The van der Waals surface area contributed by atoms with E-state index in [4.69, 9.17) is 31.8 Å². The summed E-state index contributed by atoms with van der Waals surface area (Å²) in [5, 5.41) is 6.85. The van der Waals surface area contributed by atoms with Crippen LogP contribution >= 0.6 is 7.82 Å². The predicted octanol–water partition coefficient (Wildman–Crippen LogP) is 6.75. The van der Waals surface area contributed by atoms with Gasteiger partial charge in [-0.2, -0.15) is 14.0 Å². The minimum Gasteiger partial charge on any atom is -0.439 e. The average Bonchev–Trinajstić information content (AvgIpc) is 3.15. The summed E-state index contributed by atoms with van der Waals surface area (Å²) in [4.78, 5) is 40.0. The van der Waals surface area contributed by atoms with Gasteiger partial charge in [-0.25, -0.2) is 14.5 Å². The van der Waals surface area contributed by atoms with Gasteiger partial charge in [-0.1, -0.05) is 82.1 Å². The van der Waals surface area contributed by atoms with Crippen LogP contribution in [0.5, 0.6) is 0 Å². The Bertz CT molecular complexity index is 1230. The number of alkyl carbamates (subject to hydrolysis) is 1. The van der Waals surface area contributed by atoms with E-state index < -0.39 is 38.0 Å². The van der Waals surface area contributed by atoms with E-state index in [1.165, 1.54) is 25.1 Å². The zero-order chi connectivity index (χ0) is 38.7. The zero-order valence-corrected chi connectivity index (χ0v) is 34.4. The number of ether oxygens (including phenoxy) is 2. The van der Waals surface area contributed by atoms with Crippen LogP contribution < -0.4 is 22.1 Å². The number of nitrogens with one attached hydrogen (secondary N) is 2. The van der Waals surface area contributed by atoms with Gasteiger partial charge in [0, 0.05) is 18.3 Å². The van der Waals surface area contributed by atoms with Gasteiger partial charge in [0.05, 0.1) is 6.10 Å². The summed E-state index contributed by atoms with van der Waals surface area (Å²) >= 11 is 0. The molecule has 1 amide bonds. The zero-order valence-electron chi connectivity index (χ0n) is 33.6. The largest absolute Gasteiger partial charge is 0.488 e. The molecule has 0 spiro atoms. The van der Waals surface area contributed by atoms with Crippen molar-refractivity contribution >= 4 is 27.3 Å². The summed E-state index contributed by atoms with van der Waals surface area (Å²) in [6, 6.07) is 1.43. The SMILES string of the molecule is [B][P+]1(O)OC[C@H](OC(=O)NCCCCNC(C)(C(C)C(C)C(C)C(C)CC)C(C)C(C)C(C)C(C)CC)[C@H](n2ccc(N)nc2=O)O[C@@H](C)CO1. The summed E-state index contributed by atoms with van der Waals surface area (Å²) in [6.07, 6.45) is 1.66. The standard InChI is InChI=1S/C37H70BN5O7P/c1-13-23(3)26(6)28(8)30(10)37(12,31(11)29(9)27(7)24(4)14-2)41-19-16-15-18-40-36(45)50-32-22-48-51(38,46)47-21-25(5)49-34(32)43-20-17-33(39)42-35(43)44/h17,20,23-32,34,41,46H,13-16,18-19,21-22H2,1-12H3,(H,40,45)(H2,39,42,44)/q+1/t23?,24?,25-,26?,27?,28?,29?,30?,31?,32-,34+,37?,51?/m0/s1. The molecule has 12 atom stereocenters. The predicted molar refractivity (Wildman–Crippen MR) is 207 cm³/mol. The number of nitrogens with two attached hydrogens (primary N) is 1. The van der Waals surface area contributed by atoms with Crippen LogP contribution in [-0.4, -0.2) is 72.2 Å². The molecule has 1 fully saturated rings. The fourth-order valence-electron chi connectivity index (χ4n) is 7.33. The van der Waals surface area contributed by atoms with Crippen LogP contribution in [0, 0.1) is 47.3 Å². The molecule has 1 aromatic rings. The number of carbonyl (C=O) groups is 1. The number of carbonyl (C=O) groups excluding carboxylic acids is 1. The van der Waals surface area contributed by atoms with E-state index in [1.54, 1.807) is 6.92 Å². The van der Waals surface area contributed by atoms with Crippen molar-refractivity contribution < 1.29 is 28.2 Å². The van der Waals surface area contributed by atoms with Gasteiger partial charge in [0.15, 0.2) is 12.3 Å². The number of rotatable bonds is 18. The van der Waals surface area contributed by atoms with Crippen molar-refractivity contribution in [3.63, 3.8) is 0 Å². The number of amides is 1. The Labute approximate surface area is 310 Å². The second kappa shape index (κ2) is 20.6. The maximum Gasteiger partial charge on any atom is 0.488 e. The van der Waals surface area contributed by atoms with Gasteiger partial charge < -0.3 is 25.8 Å². The fourth-order valence-corrected chi connectivity index (χ4v) is 8.19. The minimum atomic E-state index is -3.71. The number of aromatic nitrogens is 2. The Hall–Kier alpha value is -1.76.